The summed E-state index contributed by atoms with van der Waals surface area (Å²) in [5, 5.41) is 0. The fourth-order valence-corrected chi connectivity index (χ4v) is 2.27. The Labute approximate surface area is 71.8 Å². The maximum absolute atomic E-state index is 2.33. The summed E-state index contributed by atoms with van der Waals surface area (Å²) in [6.45, 7) is 7.47. The molecule has 0 aliphatic carbocycles. The van der Waals surface area contributed by atoms with Gasteiger partial charge in [0.15, 0.2) is 0 Å². The van der Waals surface area contributed by atoms with Crippen molar-refractivity contribution in [1.82, 2.24) is 0 Å². The molecule has 1 saturated heterocycles. The average molecular weight is 157 g/mol. The zero-order valence-electron chi connectivity index (χ0n) is 8.48. The largest absolute Gasteiger partial charge is 0.358 e. The lowest BCUT2D eigenvalue weighted by atomic mass is 9.92. The molecule has 1 aliphatic heterocycles. The fraction of sp³-hybridized carbons (Fsp3) is 0.900. The lowest BCUT2D eigenvalue weighted by Gasteiger charge is -2.09. The molecule has 2 unspecified atom stereocenters. The van der Waals surface area contributed by atoms with E-state index in [2.05, 4.69) is 20.9 Å². The second kappa shape index (κ2) is 4.76. The molecule has 1 heteroatoms. The van der Waals surface area contributed by atoms with E-state index >= 15 is 0 Å². The van der Waals surface area contributed by atoms with Gasteiger partial charge in [0.05, 0.1) is 20.1 Å². The fourth-order valence-electron chi connectivity index (χ4n) is 2.27. The van der Waals surface area contributed by atoms with Crippen molar-refractivity contribution in [2.75, 3.05) is 20.1 Å². The van der Waals surface area contributed by atoms with E-state index in [0.29, 0.717) is 0 Å². The van der Waals surface area contributed by atoms with Gasteiger partial charge in [-0.2, -0.15) is 0 Å². The highest BCUT2D eigenvalue weighted by molar-refractivity contribution is 4.70. The molecule has 1 rings (SSSR count). The molecule has 0 aromatic rings. The van der Waals surface area contributed by atoms with E-state index in [-0.39, 0.29) is 7.43 Å². The van der Waals surface area contributed by atoms with Crippen LogP contribution in [-0.4, -0.2) is 20.1 Å². The summed E-state index contributed by atoms with van der Waals surface area (Å²) in [5.41, 5.74) is 0. The van der Waals surface area contributed by atoms with Crippen molar-refractivity contribution in [3.05, 3.63) is 7.43 Å². The predicted molar refractivity (Wildman–Crippen MR) is 50.6 cm³/mol. The Morgan fingerprint density at radius 1 is 1.09 bits per heavy atom. The highest BCUT2D eigenvalue weighted by atomic mass is 15.1. The van der Waals surface area contributed by atoms with Crippen molar-refractivity contribution in [2.24, 2.45) is 11.8 Å². The van der Waals surface area contributed by atoms with Crippen LogP contribution >= 0.6 is 0 Å². The minimum absolute atomic E-state index is 0. The van der Waals surface area contributed by atoms with Crippen LogP contribution < -0.4 is 4.90 Å². The van der Waals surface area contributed by atoms with Crippen molar-refractivity contribution in [2.45, 2.75) is 26.7 Å². The molecule has 1 aliphatic rings. The third kappa shape index (κ3) is 2.48. The van der Waals surface area contributed by atoms with Gasteiger partial charge in [-0.25, -0.2) is 0 Å². The maximum atomic E-state index is 2.33. The van der Waals surface area contributed by atoms with Crippen LogP contribution in [0.4, 0.5) is 0 Å². The summed E-state index contributed by atoms with van der Waals surface area (Å²) in [5.74, 6) is 2.04. The number of nitrogens with one attached hydrogen (secondary N) is 1. The monoisotopic (exact) mass is 157 g/mol. The van der Waals surface area contributed by atoms with Crippen molar-refractivity contribution in [3.63, 3.8) is 0 Å². The second-order valence-corrected chi connectivity index (χ2v) is 3.70. The molecule has 0 spiro atoms. The standard InChI is InChI=1S/C9H19N.CH3/c1-4-8-6-10(3)7-9(8)5-2;/h8-9H,4-7H2,1-3H3;1H3/q;-1/p+1. The maximum Gasteiger partial charge on any atom is 0.0802 e. The van der Waals surface area contributed by atoms with E-state index in [0.717, 1.165) is 11.8 Å². The van der Waals surface area contributed by atoms with Gasteiger partial charge in [-0.05, 0) is 12.8 Å². The van der Waals surface area contributed by atoms with Crippen molar-refractivity contribution in [1.29, 1.82) is 0 Å². The SMILES string of the molecule is CCC1C[NH+](C)CC1CC.[CH3-]. The molecular weight excluding hydrogens is 134 g/mol. The first-order valence-electron chi connectivity index (χ1n) is 4.59. The second-order valence-electron chi connectivity index (χ2n) is 3.70. The van der Waals surface area contributed by atoms with E-state index in [1.807, 2.05) is 0 Å². The Hall–Kier alpha value is -0.0400. The zero-order valence-corrected chi connectivity index (χ0v) is 8.48. The number of rotatable bonds is 2. The average Bonchev–Trinajstić information content (AvgIpc) is 2.30. The Morgan fingerprint density at radius 2 is 1.45 bits per heavy atom. The first-order valence-corrected chi connectivity index (χ1v) is 4.59. The Bertz CT molecular complexity index is 89.0. The summed E-state index contributed by atoms with van der Waals surface area (Å²) in [7, 11) is 2.32. The molecule has 1 nitrogen and oxygen atoms in total. The normalized spacial score (nSPS) is 36.8. The van der Waals surface area contributed by atoms with Gasteiger partial charge < -0.3 is 12.3 Å². The molecule has 68 valence electrons. The van der Waals surface area contributed by atoms with E-state index in [1.54, 1.807) is 4.90 Å². The smallest absolute Gasteiger partial charge is 0.0802 e. The molecule has 11 heavy (non-hydrogen) atoms. The molecular formula is C10H23N. The number of hydrogen-bond donors (Lipinski definition) is 1. The third-order valence-electron chi connectivity index (χ3n) is 2.94. The molecule has 0 aromatic heterocycles. The summed E-state index contributed by atoms with van der Waals surface area (Å²) in [6.07, 6.45) is 2.77. The van der Waals surface area contributed by atoms with E-state index in [4.69, 9.17) is 0 Å². The van der Waals surface area contributed by atoms with Crippen LogP contribution in [0.3, 0.4) is 0 Å². The molecule has 1 fully saturated rings. The Morgan fingerprint density at radius 3 is 1.73 bits per heavy atom. The van der Waals surface area contributed by atoms with Gasteiger partial charge in [0.1, 0.15) is 0 Å². The van der Waals surface area contributed by atoms with Crippen LogP contribution in [0.15, 0.2) is 0 Å². The predicted octanol–water partition coefficient (Wildman–Crippen LogP) is 1.02. The van der Waals surface area contributed by atoms with Crippen LogP contribution in [0.5, 0.6) is 0 Å². The van der Waals surface area contributed by atoms with Gasteiger partial charge in [0, 0.05) is 11.8 Å². The molecule has 0 saturated carbocycles. The van der Waals surface area contributed by atoms with Crippen LogP contribution in [0.25, 0.3) is 0 Å². The number of hydrogen-bond acceptors (Lipinski definition) is 0. The lowest BCUT2D eigenvalue weighted by molar-refractivity contribution is -0.869. The van der Waals surface area contributed by atoms with Gasteiger partial charge in [0.2, 0.25) is 0 Å². The molecule has 1 heterocycles. The van der Waals surface area contributed by atoms with E-state index < -0.39 is 0 Å². The lowest BCUT2D eigenvalue weighted by Crippen LogP contribution is -3.07. The molecule has 0 amide bonds. The summed E-state index contributed by atoms with van der Waals surface area (Å²) in [4.78, 5) is 1.73. The third-order valence-corrected chi connectivity index (χ3v) is 2.94. The number of quaternary nitrogens is 1. The summed E-state index contributed by atoms with van der Waals surface area (Å²) < 4.78 is 0. The first-order chi connectivity index (χ1) is 4.77. The number of likely N-dealkylation sites (tertiary alicyclic amines) is 1. The van der Waals surface area contributed by atoms with Crippen molar-refractivity contribution < 1.29 is 4.90 Å². The van der Waals surface area contributed by atoms with Crippen LogP contribution in [0.1, 0.15) is 26.7 Å². The topological polar surface area (TPSA) is 4.44 Å². The van der Waals surface area contributed by atoms with Gasteiger partial charge in [-0.3, -0.25) is 0 Å². The Kier molecular flexibility index (Phi) is 4.74. The van der Waals surface area contributed by atoms with Crippen LogP contribution in [-0.2, 0) is 0 Å². The van der Waals surface area contributed by atoms with Gasteiger partial charge in [-0.1, -0.05) is 13.8 Å². The molecule has 0 bridgehead atoms. The first kappa shape index (κ1) is 11.0. The van der Waals surface area contributed by atoms with E-state index in [9.17, 15) is 0 Å². The molecule has 2 atom stereocenters. The Balaban J connectivity index is 0.000001000. The van der Waals surface area contributed by atoms with Crippen molar-refractivity contribution in [3.8, 4) is 0 Å². The highest BCUT2D eigenvalue weighted by Crippen LogP contribution is 2.19. The zero-order chi connectivity index (χ0) is 7.56. The van der Waals surface area contributed by atoms with E-state index in [1.165, 1.54) is 25.9 Å². The van der Waals surface area contributed by atoms with Crippen LogP contribution in [0, 0.1) is 19.3 Å². The van der Waals surface area contributed by atoms with Gasteiger partial charge in [-0.15, -0.1) is 0 Å². The van der Waals surface area contributed by atoms with Crippen LogP contribution in [0.2, 0.25) is 0 Å². The minimum Gasteiger partial charge on any atom is -0.358 e. The van der Waals surface area contributed by atoms with Crippen molar-refractivity contribution >= 4 is 0 Å². The molecule has 0 aromatic carbocycles. The summed E-state index contributed by atoms with van der Waals surface area (Å²) >= 11 is 0. The van der Waals surface area contributed by atoms with Gasteiger partial charge in [0.25, 0.3) is 0 Å². The quantitative estimate of drug-likeness (QED) is 0.571. The minimum atomic E-state index is 0. The summed E-state index contributed by atoms with van der Waals surface area (Å²) in [6, 6.07) is 0. The highest BCUT2D eigenvalue weighted by Gasteiger charge is 2.31. The van der Waals surface area contributed by atoms with Gasteiger partial charge >= 0.3 is 0 Å². The molecule has 0 radical (unpaired) electrons. The molecule has 1 N–H and O–H groups in total.